The molecule has 70 heavy (non-hydrogen) atoms. The monoisotopic (exact) mass is 922 g/mol. The normalized spacial score (nSPS) is 13.1. The summed E-state index contributed by atoms with van der Waals surface area (Å²) in [5.74, 6) is 2.51. The van der Waals surface area contributed by atoms with Gasteiger partial charge in [-0.15, -0.1) is 0 Å². The molecule has 0 aromatic heterocycles. The maximum absolute atomic E-state index is 15.4. The number of anilines is 6. The van der Waals surface area contributed by atoms with Gasteiger partial charge in [0.05, 0.1) is 64.1 Å². The Kier molecular flexibility index (Phi) is 12.6. The second kappa shape index (κ2) is 19.7. The summed E-state index contributed by atoms with van der Waals surface area (Å²) in [6, 6.07) is 67.5. The Balaban J connectivity index is 1.11. The molecule has 0 aliphatic carbocycles. The summed E-state index contributed by atoms with van der Waals surface area (Å²) < 4.78 is 22.0. The molecule has 8 aromatic carbocycles. The number of rotatable bonds is 16. The molecule has 0 fully saturated rings. The van der Waals surface area contributed by atoms with E-state index in [4.69, 9.17) is 18.9 Å². The second-order valence-electron chi connectivity index (χ2n) is 16.8. The van der Waals surface area contributed by atoms with Crippen molar-refractivity contribution >= 4 is 57.3 Å². The lowest BCUT2D eigenvalue weighted by atomic mass is 10.0. The van der Waals surface area contributed by atoms with Crippen LogP contribution in [0.15, 0.2) is 217 Å². The van der Waals surface area contributed by atoms with Crippen LogP contribution >= 0.6 is 0 Å². The average molecular weight is 923 g/mol. The Hall–Kier alpha value is -9.02. The van der Waals surface area contributed by atoms with Gasteiger partial charge in [-0.25, -0.2) is 0 Å². The van der Waals surface area contributed by atoms with E-state index in [2.05, 4.69) is 9.80 Å². The highest BCUT2D eigenvalue weighted by molar-refractivity contribution is 6.30. The Morgan fingerprint density at radius 1 is 0.329 bits per heavy atom. The summed E-state index contributed by atoms with van der Waals surface area (Å²) in [5, 5.41) is 0. The predicted octanol–water partition coefficient (Wildman–Crippen LogP) is 12.9. The molecule has 2 aliphatic rings. The number of hydrogen-bond donors (Lipinski definition) is 0. The number of fused-ring (bicyclic) bond motifs is 1. The highest BCUT2D eigenvalue weighted by Crippen LogP contribution is 2.49. The van der Waals surface area contributed by atoms with Crippen molar-refractivity contribution in [3.63, 3.8) is 0 Å². The predicted molar refractivity (Wildman–Crippen MR) is 276 cm³/mol. The first-order chi connectivity index (χ1) is 34.3. The van der Waals surface area contributed by atoms with Crippen LogP contribution in [0.5, 0.6) is 23.0 Å². The van der Waals surface area contributed by atoms with E-state index in [9.17, 15) is 0 Å². The standard InChI is InChI=1S/C60H50N4O6/c1-67-51-31-23-47(24-32-51)63(48-25-33-52(68-2)34-26-48)45-19-15-43(16-20-45)57-55-56(60(66)61(57)39-41-11-7-5-8-12-41)58(62(59(55)65)40-42-13-9-6-10-14-42)44-17-21-46(22-18-44)64(49-27-35-53(69-3)36-28-49)50-29-37-54(70-4)38-30-50/h5-38H,39-40H2,1-4H3. The lowest BCUT2D eigenvalue weighted by molar-refractivity contribution is -0.124. The third kappa shape index (κ3) is 8.70. The molecule has 10 rings (SSSR count). The zero-order valence-corrected chi connectivity index (χ0v) is 39.3. The Morgan fingerprint density at radius 2 is 0.571 bits per heavy atom. The number of ether oxygens (including phenoxy) is 4. The molecule has 0 N–H and O–H groups in total. The zero-order valence-electron chi connectivity index (χ0n) is 39.3. The van der Waals surface area contributed by atoms with Gasteiger partial charge in [-0.1, -0.05) is 84.9 Å². The molecule has 10 nitrogen and oxygen atoms in total. The van der Waals surface area contributed by atoms with Crippen LogP contribution in [0.1, 0.15) is 22.3 Å². The van der Waals surface area contributed by atoms with Crippen LogP contribution in [0.2, 0.25) is 0 Å². The smallest absolute Gasteiger partial charge is 0.261 e. The lowest BCUT2D eigenvalue weighted by Gasteiger charge is -2.28. The van der Waals surface area contributed by atoms with Crippen LogP contribution < -0.4 is 28.7 Å². The first-order valence-electron chi connectivity index (χ1n) is 22.9. The molecule has 2 aliphatic heterocycles. The fourth-order valence-electron chi connectivity index (χ4n) is 9.19. The summed E-state index contributed by atoms with van der Waals surface area (Å²) in [6.45, 7) is 0.537. The fraction of sp³-hybridized carbons (Fsp3) is 0.100. The molecular weight excluding hydrogens is 873 g/mol. The van der Waals surface area contributed by atoms with Crippen molar-refractivity contribution in [2.75, 3.05) is 38.2 Å². The lowest BCUT2D eigenvalue weighted by Crippen LogP contribution is -2.29. The largest absolute Gasteiger partial charge is 0.497 e. The van der Waals surface area contributed by atoms with Crippen LogP contribution in [-0.4, -0.2) is 50.1 Å². The van der Waals surface area contributed by atoms with E-state index in [1.165, 1.54) is 0 Å². The van der Waals surface area contributed by atoms with Crippen molar-refractivity contribution in [1.29, 1.82) is 0 Å². The van der Waals surface area contributed by atoms with Gasteiger partial charge in [0.15, 0.2) is 0 Å². The fourth-order valence-corrected chi connectivity index (χ4v) is 9.19. The van der Waals surface area contributed by atoms with Gasteiger partial charge in [0.25, 0.3) is 11.8 Å². The summed E-state index contributed by atoms with van der Waals surface area (Å²) in [4.78, 5) is 38.6. The van der Waals surface area contributed by atoms with Crippen molar-refractivity contribution in [1.82, 2.24) is 9.80 Å². The van der Waals surface area contributed by atoms with E-state index in [1.54, 1.807) is 38.2 Å². The van der Waals surface area contributed by atoms with E-state index >= 15 is 9.59 Å². The number of carbonyl (C=O) groups excluding carboxylic acids is 2. The number of benzene rings is 8. The molecular formula is C60H50N4O6. The Bertz CT molecular complexity index is 2880. The minimum absolute atomic E-state index is 0.239. The second-order valence-corrected chi connectivity index (χ2v) is 16.8. The van der Waals surface area contributed by atoms with Crippen molar-refractivity contribution in [3.8, 4) is 23.0 Å². The minimum Gasteiger partial charge on any atom is -0.497 e. The van der Waals surface area contributed by atoms with E-state index in [1.807, 2.05) is 206 Å². The minimum atomic E-state index is -0.239. The van der Waals surface area contributed by atoms with Crippen molar-refractivity contribution in [3.05, 3.63) is 240 Å². The van der Waals surface area contributed by atoms with Crippen LogP contribution in [0.4, 0.5) is 34.1 Å². The van der Waals surface area contributed by atoms with Crippen LogP contribution in [0.25, 0.3) is 11.4 Å². The van der Waals surface area contributed by atoms with Gasteiger partial charge >= 0.3 is 0 Å². The van der Waals surface area contributed by atoms with Gasteiger partial charge < -0.3 is 38.5 Å². The molecule has 10 heteroatoms. The number of methoxy groups -OCH3 is 4. The molecule has 0 radical (unpaired) electrons. The van der Waals surface area contributed by atoms with Gasteiger partial charge in [-0.3, -0.25) is 9.59 Å². The van der Waals surface area contributed by atoms with Gasteiger partial charge in [-0.05, 0) is 144 Å². The quantitative estimate of drug-likeness (QED) is 0.0948. The van der Waals surface area contributed by atoms with E-state index in [0.29, 0.717) is 22.5 Å². The Morgan fingerprint density at radius 3 is 0.814 bits per heavy atom. The van der Waals surface area contributed by atoms with Crippen LogP contribution in [0.3, 0.4) is 0 Å². The van der Waals surface area contributed by atoms with Gasteiger partial charge in [0.1, 0.15) is 23.0 Å². The molecule has 0 spiro atoms. The van der Waals surface area contributed by atoms with Gasteiger partial charge in [-0.2, -0.15) is 0 Å². The molecule has 2 heterocycles. The number of amides is 2. The summed E-state index contributed by atoms with van der Waals surface area (Å²) >= 11 is 0. The van der Waals surface area contributed by atoms with Crippen molar-refractivity contribution < 1.29 is 28.5 Å². The Labute approximate surface area is 408 Å². The molecule has 0 saturated carbocycles. The summed E-state index contributed by atoms with van der Waals surface area (Å²) in [5.41, 5.74) is 10.7. The third-order valence-corrected chi connectivity index (χ3v) is 12.7. The average Bonchev–Trinajstić information content (AvgIpc) is 3.86. The number of nitrogens with zero attached hydrogens (tertiary/aromatic N) is 4. The molecule has 2 amide bonds. The first kappa shape index (κ1) is 44.8. The number of hydrogen-bond acceptors (Lipinski definition) is 8. The van der Waals surface area contributed by atoms with Crippen molar-refractivity contribution in [2.24, 2.45) is 0 Å². The van der Waals surface area contributed by atoms with Crippen LogP contribution in [0, 0.1) is 0 Å². The number of carbonyl (C=O) groups is 2. The van der Waals surface area contributed by atoms with E-state index < -0.39 is 0 Å². The SMILES string of the molecule is COc1ccc(N(c2ccc(OC)cc2)c2ccc(C3=C4C(=O)N(Cc5ccccc5)C(c5ccc(N(c6ccc(OC)cc6)c6ccc(OC)cc6)cc5)=C4C(=O)N3Cc3ccccc3)cc2)cc1. The molecule has 0 saturated heterocycles. The highest BCUT2D eigenvalue weighted by Gasteiger charge is 2.49. The van der Waals surface area contributed by atoms with E-state index in [0.717, 1.165) is 79.4 Å². The molecule has 0 unspecified atom stereocenters. The highest BCUT2D eigenvalue weighted by atomic mass is 16.5. The summed E-state index contributed by atoms with van der Waals surface area (Å²) in [6.07, 6.45) is 0. The van der Waals surface area contributed by atoms with E-state index in [-0.39, 0.29) is 24.9 Å². The van der Waals surface area contributed by atoms with Crippen LogP contribution in [-0.2, 0) is 22.7 Å². The van der Waals surface area contributed by atoms with Gasteiger partial charge in [0, 0.05) is 34.1 Å². The molecule has 0 bridgehead atoms. The third-order valence-electron chi connectivity index (χ3n) is 12.7. The van der Waals surface area contributed by atoms with Crippen molar-refractivity contribution in [2.45, 2.75) is 13.1 Å². The molecule has 0 atom stereocenters. The van der Waals surface area contributed by atoms with Gasteiger partial charge in [0.2, 0.25) is 0 Å². The summed E-state index contributed by atoms with van der Waals surface area (Å²) in [7, 11) is 6.60. The zero-order chi connectivity index (χ0) is 48.1. The molecule has 346 valence electrons. The maximum atomic E-state index is 15.4. The first-order valence-corrected chi connectivity index (χ1v) is 22.9. The molecule has 8 aromatic rings. The maximum Gasteiger partial charge on any atom is 0.261 e. The topological polar surface area (TPSA) is 84.0 Å².